The van der Waals surface area contributed by atoms with Crippen LogP contribution in [-0.2, 0) is 0 Å². The fourth-order valence-corrected chi connectivity index (χ4v) is 1.58. The lowest BCUT2D eigenvalue weighted by Crippen LogP contribution is -2.57. The van der Waals surface area contributed by atoms with E-state index in [1.165, 1.54) is 17.0 Å². The van der Waals surface area contributed by atoms with Crippen LogP contribution in [0.15, 0.2) is 18.2 Å². The number of benzene rings is 1. The minimum absolute atomic E-state index is 0.00722. The molecule has 0 radical (unpaired) electrons. The van der Waals surface area contributed by atoms with Gasteiger partial charge in [-0.2, -0.15) is 0 Å². The Labute approximate surface area is 92.7 Å². The van der Waals surface area contributed by atoms with Crippen LogP contribution < -0.4 is 5.32 Å². The van der Waals surface area contributed by atoms with E-state index in [4.69, 9.17) is 5.11 Å². The molecule has 1 aliphatic heterocycles. The second-order valence-electron chi connectivity index (χ2n) is 3.89. The number of amides is 1. The molecule has 1 heterocycles. The van der Waals surface area contributed by atoms with Gasteiger partial charge >= 0.3 is 0 Å². The van der Waals surface area contributed by atoms with E-state index in [-0.39, 0.29) is 23.3 Å². The van der Waals surface area contributed by atoms with Crippen molar-refractivity contribution in [2.75, 3.05) is 20.1 Å². The van der Waals surface area contributed by atoms with E-state index in [2.05, 4.69) is 5.32 Å². The first kappa shape index (κ1) is 10.9. The smallest absolute Gasteiger partial charge is 0.256 e. The van der Waals surface area contributed by atoms with Crippen LogP contribution in [0.3, 0.4) is 0 Å². The van der Waals surface area contributed by atoms with E-state index >= 15 is 0 Å². The second-order valence-corrected chi connectivity index (χ2v) is 3.89. The van der Waals surface area contributed by atoms with E-state index in [0.717, 1.165) is 19.2 Å². The van der Waals surface area contributed by atoms with Crippen molar-refractivity contribution in [1.29, 1.82) is 0 Å². The lowest BCUT2D eigenvalue weighted by molar-refractivity contribution is 0.0676. The number of nitrogens with zero attached hydrogens (tertiary/aromatic N) is 1. The van der Waals surface area contributed by atoms with Crippen LogP contribution in [0.25, 0.3) is 0 Å². The number of hydrogen-bond acceptors (Lipinski definition) is 3. The molecule has 1 amide bonds. The van der Waals surface area contributed by atoms with Gasteiger partial charge in [-0.25, -0.2) is 4.39 Å². The van der Waals surface area contributed by atoms with Crippen molar-refractivity contribution in [2.24, 2.45) is 0 Å². The molecule has 1 aromatic carbocycles. The predicted octanol–water partition coefficient (Wildman–Crippen LogP) is 0.575. The number of halogens is 1. The average molecular weight is 224 g/mol. The van der Waals surface area contributed by atoms with Gasteiger partial charge in [0, 0.05) is 26.2 Å². The number of carbonyl (C=O) groups is 1. The molecule has 5 heteroatoms. The lowest BCUT2D eigenvalue weighted by atomic mass is 10.1. The van der Waals surface area contributed by atoms with Crippen molar-refractivity contribution in [3.63, 3.8) is 0 Å². The van der Waals surface area contributed by atoms with Crippen LogP contribution in [0.4, 0.5) is 4.39 Å². The highest BCUT2D eigenvalue weighted by Crippen LogP contribution is 2.17. The van der Waals surface area contributed by atoms with Gasteiger partial charge in [0.05, 0.1) is 11.6 Å². The molecule has 4 nitrogen and oxygen atoms in total. The van der Waals surface area contributed by atoms with Crippen LogP contribution in [0.1, 0.15) is 10.4 Å². The van der Waals surface area contributed by atoms with Crippen molar-refractivity contribution >= 4 is 5.91 Å². The van der Waals surface area contributed by atoms with Crippen LogP contribution in [0.5, 0.6) is 5.75 Å². The Morgan fingerprint density at radius 1 is 1.56 bits per heavy atom. The van der Waals surface area contributed by atoms with Gasteiger partial charge in [0.2, 0.25) is 0 Å². The van der Waals surface area contributed by atoms with Gasteiger partial charge in [0.25, 0.3) is 5.91 Å². The Hall–Kier alpha value is -1.62. The Kier molecular flexibility index (Phi) is 2.78. The SMILES string of the molecule is CN(C(=O)c1ccc(O)cc1F)C1CNC1. The first-order valence-electron chi connectivity index (χ1n) is 5.06. The second kappa shape index (κ2) is 4.09. The third-order valence-electron chi connectivity index (χ3n) is 2.81. The van der Waals surface area contributed by atoms with Gasteiger partial charge in [-0.15, -0.1) is 0 Å². The number of phenolic OH excluding ortho intramolecular Hbond substituents is 1. The molecule has 86 valence electrons. The number of aromatic hydroxyl groups is 1. The molecule has 0 aromatic heterocycles. The molecule has 0 spiro atoms. The van der Waals surface area contributed by atoms with Crippen LogP contribution in [0.2, 0.25) is 0 Å². The normalized spacial score (nSPS) is 15.6. The molecule has 2 rings (SSSR count). The molecule has 1 aliphatic rings. The average Bonchev–Trinajstić information content (AvgIpc) is 2.14. The van der Waals surface area contributed by atoms with Gasteiger partial charge in [-0.3, -0.25) is 4.79 Å². The summed E-state index contributed by atoms with van der Waals surface area (Å²) in [7, 11) is 1.65. The topological polar surface area (TPSA) is 52.6 Å². The summed E-state index contributed by atoms with van der Waals surface area (Å²) in [6.45, 7) is 1.48. The summed E-state index contributed by atoms with van der Waals surface area (Å²) in [4.78, 5) is 13.4. The Morgan fingerprint density at radius 3 is 2.75 bits per heavy atom. The summed E-state index contributed by atoms with van der Waals surface area (Å²) in [6.07, 6.45) is 0. The Morgan fingerprint density at radius 2 is 2.25 bits per heavy atom. The third kappa shape index (κ3) is 1.86. The predicted molar refractivity (Wildman–Crippen MR) is 56.8 cm³/mol. The molecule has 0 bridgehead atoms. The fourth-order valence-electron chi connectivity index (χ4n) is 1.58. The van der Waals surface area contributed by atoms with Crippen LogP contribution in [0, 0.1) is 5.82 Å². The van der Waals surface area contributed by atoms with E-state index in [0.29, 0.717) is 0 Å². The molecule has 0 aliphatic carbocycles. The molecule has 0 atom stereocenters. The number of carbonyl (C=O) groups excluding carboxylic acids is 1. The molecule has 2 N–H and O–H groups in total. The van der Waals surface area contributed by atoms with Gasteiger partial charge < -0.3 is 15.3 Å². The first-order chi connectivity index (χ1) is 7.59. The number of phenols is 1. The molecule has 1 fully saturated rings. The van der Waals surface area contributed by atoms with Gasteiger partial charge in [-0.05, 0) is 12.1 Å². The maximum atomic E-state index is 13.4. The van der Waals surface area contributed by atoms with Gasteiger partial charge in [-0.1, -0.05) is 0 Å². The highest BCUT2D eigenvalue weighted by atomic mass is 19.1. The molecular weight excluding hydrogens is 211 g/mol. The molecule has 1 saturated heterocycles. The number of rotatable bonds is 2. The Bertz CT molecular complexity index is 418. The van der Waals surface area contributed by atoms with Crippen molar-refractivity contribution in [3.8, 4) is 5.75 Å². The molecule has 0 unspecified atom stereocenters. The quantitative estimate of drug-likeness (QED) is 0.772. The van der Waals surface area contributed by atoms with Crippen LogP contribution >= 0.6 is 0 Å². The van der Waals surface area contributed by atoms with Gasteiger partial charge in [0.1, 0.15) is 11.6 Å². The first-order valence-corrected chi connectivity index (χ1v) is 5.06. The fraction of sp³-hybridized carbons (Fsp3) is 0.364. The van der Waals surface area contributed by atoms with Crippen molar-refractivity contribution < 1.29 is 14.3 Å². The summed E-state index contributed by atoms with van der Waals surface area (Å²) in [5, 5.41) is 12.1. The highest BCUT2D eigenvalue weighted by molar-refractivity contribution is 5.94. The number of nitrogens with one attached hydrogen (secondary N) is 1. The Balaban J connectivity index is 2.19. The maximum absolute atomic E-state index is 13.4. The monoisotopic (exact) mass is 224 g/mol. The van der Waals surface area contributed by atoms with E-state index < -0.39 is 5.82 Å². The largest absolute Gasteiger partial charge is 0.508 e. The minimum atomic E-state index is -0.691. The van der Waals surface area contributed by atoms with Crippen molar-refractivity contribution in [3.05, 3.63) is 29.6 Å². The molecule has 1 aromatic rings. The summed E-state index contributed by atoms with van der Waals surface area (Å²) >= 11 is 0. The summed E-state index contributed by atoms with van der Waals surface area (Å²) < 4.78 is 13.4. The zero-order chi connectivity index (χ0) is 11.7. The zero-order valence-electron chi connectivity index (χ0n) is 8.90. The zero-order valence-corrected chi connectivity index (χ0v) is 8.90. The number of hydrogen-bond donors (Lipinski definition) is 2. The molecule has 16 heavy (non-hydrogen) atoms. The van der Waals surface area contributed by atoms with E-state index in [1.54, 1.807) is 7.05 Å². The maximum Gasteiger partial charge on any atom is 0.256 e. The number of likely N-dealkylation sites (N-methyl/N-ethyl adjacent to an activating group) is 1. The molecule has 0 saturated carbocycles. The van der Waals surface area contributed by atoms with Gasteiger partial charge in [0.15, 0.2) is 0 Å². The summed E-state index contributed by atoms with van der Waals surface area (Å²) in [6, 6.07) is 3.68. The third-order valence-corrected chi connectivity index (χ3v) is 2.81. The molecular formula is C11H13FN2O2. The van der Waals surface area contributed by atoms with Crippen molar-refractivity contribution in [2.45, 2.75) is 6.04 Å². The highest BCUT2D eigenvalue weighted by Gasteiger charge is 2.27. The summed E-state index contributed by atoms with van der Waals surface area (Å²) in [5.74, 6) is -1.23. The van der Waals surface area contributed by atoms with Crippen molar-refractivity contribution in [1.82, 2.24) is 10.2 Å². The van der Waals surface area contributed by atoms with E-state index in [1.807, 2.05) is 0 Å². The van der Waals surface area contributed by atoms with E-state index in [9.17, 15) is 9.18 Å². The van der Waals surface area contributed by atoms with Crippen LogP contribution in [-0.4, -0.2) is 42.1 Å². The lowest BCUT2D eigenvalue weighted by Gasteiger charge is -2.35. The summed E-state index contributed by atoms with van der Waals surface area (Å²) in [5.41, 5.74) is -0.00722. The minimum Gasteiger partial charge on any atom is -0.508 e. The standard InChI is InChI=1S/C11H13FN2O2/c1-14(7-5-13-6-7)11(16)9-3-2-8(15)4-10(9)12/h2-4,7,13,15H,5-6H2,1H3.